The van der Waals surface area contributed by atoms with Gasteiger partial charge >= 0.3 is 25.9 Å². The third kappa shape index (κ3) is 16.3. The van der Waals surface area contributed by atoms with Crippen LogP contribution < -0.4 is 0 Å². The highest BCUT2D eigenvalue weighted by Gasteiger charge is 2.27. The summed E-state index contributed by atoms with van der Waals surface area (Å²) in [4.78, 5) is 52.4. The van der Waals surface area contributed by atoms with Crippen LogP contribution in [0, 0.1) is 0 Å². The molecule has 0 aliphatic rings. The summed E-state index contributed by atoms with van der Waals surface area (Å²) >= 11 is 0. The van der Waals surface area contributed by atoms with Crippen LogP contribution in [0.15, 0.2) is 0 Å². The molecule has 12 heteroatoms. The Morgan fingerprint density at radius 1 is 0.700 bits per heavy atom. The van der Waals surface area contributed by atoms with E-state index in [0.717, 1.165) is 0 Å². The van der Waals surface area contributed by atoms with Gasteiger partial charge in [0.05, 0.1) is 0 Å². The van der Waals surface area contributed by atoms with Crippen molar-refractivity contribution in [3.8, 4) is 0 Å². The first-order valence-corrected chi connectivity index (χ1v) is 11.4. The molecule has 0 aliphatic carbocycles. The molecule has 0 aromatic carbocycles. The van der Waals surface area contributed by atoms with Crippen molar-refractivity contribution in [3.05, 3.63) is 0 Å². The average molecular weight is 349 g/mol. The van der Waals surface area contributed by atoms with E-state index in [4.69, 9.17) is 37.8 Å². The van der Waals surface area contributed by atoms with Crippen molar-refractivity contribution in [1.82, 2.24) is 0 Å². The Labute approximate surface area is 120 Å². The first kappa shape index (κ1) is 20.2. The smallest absolute Gasteiger partial charge is 0.390 e. The predicted octanol–water partition coefficient (Wildman–Crippen LogP) is -0.931. The summed E-state index contributed by atoms with van der Waals surface area (Å²) in [5, 5.41) is 0. The van der Waals surface area contributed by atoms with Gasteiger partial charge in [-0.1, -0.05) is 0 Å². The predicted molar refractivity (Wildman–Crippen MR) is 72.4 cm³/mol. The molecule has 0 atom stereocenters. The van der Waals surface area contributed by atoms with Crippen molar-refractivity contribution in [1.29, 1.82) is 0 Å². The Kier molecular flexibility index (Phi) is 10.1. The van der Waals surface area contributed by atoms with Crippen molar-refractivity contribution >= 4 is 25.9 Å². The fraction of sp³-hybridized carbons (Fsp3) is 1.00. The van der Waals surface area contributed by atoms with Gasteiger partial charge in [0.15, 0.2) is 0 Å². The second-order valence-corrected chi connectivity index (χ2v) is 9.41. The lowest BCUT2D eigenvalue weighted by atomic mass is 10.4. The summed E-state index contributed by atoms with van der Waals surface area (Å²) in [5.41, 5.74) is 0. The number of rotatable bonds is 12. The van der Waals surface area contributed by atoms with Crippen LogP contribution in [0.1, 0.15) is 25.7 Å². The van der Waals surface area contributed by atoms with E-state index in [0.29, 0.717) is 25.7 Å². The summed E-state index contributed by atoms with van der Waals surface area (Å²) in [5.74, 6) is 0. The van der Waals surface area contributed by atoms with Gasteiger partial charge in [0.2, 0.25) is 0 Å². The third-order valence-corrected chi connectivity index (χ3v) is 5.04. The molecular formula is C8H22O9PSi2+. The molecule has 0 heterocycles. The minimum atomic E-state index is -4.00. The maximum atomic E-state index is 11.2. The summed E-state index contributed by atoms with van der Waals surface area (Å²) in [6.07, 6.45) is 1.51. The van der Waals surface area contributed by atoms with Gasteiger partial charge in [-0.2, -0.15) is 0 Å². The monoisotopic (exact) mass is 349 g/mol. The van der Waals surface area contributed by atoms with E-state index in [1.807, 2.05) is 0 Å². The van der Waals surface area contributed by atoms with Gasteiger partial charge in [-0.3, -0.25) is 0 Å². The van der Waals surface area contributed by atoms with E-state index >= 15 is 0 Å². The minimum Gasteiger partial charge on any atom is -0.390 e. The zero-order valence-corrected chi connectivity index (χ0v) is 13.9. The summed E-state index contributed by atoms with van der Waals surface area (Å²) in [6, 6.07) is -0.188. The van der Waals surface area contributed by atoms with Gasteiger partial charge in [0, 0.05) is 16.7 Å². The second-order valence-electron chi connectivity index (χ2n) is 4.35. The Hall–Kier alpha value is 0.214. The Morgan fingerprint density at radius 2 is 1.05 bits per heavy atom. The van der Waals surface area contributed by atoms with Gasteiger partial charge < -0.3 is 28.8 Å². The Morgan fingerprint density at radius 3 is 1.35 bits per heavy atom. The average Bonchev–Trinajstić information content (AvgIpc) is 2.25. The second kappa shape index (κ2) is 10.0. The highest BCUT2D eigenvalue weighted by molar-refractivity contribution is 7.33. The van der Waals surface area contributed by atoms with E-state index in [1.54, 1.807) is 0 Å². The van der Waals surface area contributed by atoms with Crippen LogP contribution >= 0.6 is 8.25 Å². The molecule has 0 saturated carbocycles. The van der Waals surface area contributed by atoms with Crippen LogP contribution in [0.25, 0.3) is 0 Å². The van der Waals surface area contributed by atoms with Crippen LogP contribution in [0.4, 0.5) is 0 Å². The summed E-state index contributed by atoms with van der Waals surface area (Å²) in [6.45, 7) is 0.221. The van der Waals surface area contributed by atoms with Crippen molar-refractivity contribution in [2.75, 3.05) is 13.2 Å². The normalized spacial score (nSPS) is 12.7. The van der Waals surface area contributed by atoms with Crippen LogP contribution in [-0.2, 0) is 13.6 Å². The van der Waals surface area contributed by atoms with E-state index in [9.17, 15) is 4.57 Å². The van der Waals surface area contributed by atoms with Crippen molar-refractivity contribution in [3.63, 3.8) is 0 Å². The van der Waals surface area contributed by atoms with Crippen LogP contribution in [-0.4, -0.2) is 59.6 Å². The molecule has 0 radical (unpaired) electrons. The highest BCUT2D eigenvalue weighted by Crippen LogP contribution is 2.25. The standard InChI is InChI=1S/C8H22O9PSi2/c9-18(16-5-1-3-7-19(10,11)12)17-6-2-4-8-20(13,14)15/h10-15H,1-8H2/q+1. The molecule has 0 aliphatic heterocycles. The first-order chi connectivity index (χ1) is 9.10. The van der Waals surface area contributed by atoms with Crippen molar-refractivity contribution in [2.45, 2.75) is 37.8 Å². The quantitative estimate of drug-likeness (QED) is 0.149. The van der Waals surface area contributed by atoms with Crippen molar-refractivity contribution in [2.24, 2.45) is 0 Å². The molecule has 9 nitrogen and oxygen atoms in total. The molecule has 20 heavy (non-hydrogen) atoms. The van der Waals surface area contributed by atoms with Gasteiger partial charge in [-0.05, 0) is 25.7 Å². The molecule has 0 unspecified atom stereocenters. The molecule has 0 bridgehead atoms. The van der Waals surface area contributed by atoms with Gasteiger partial charge in [0.1, 0.15) is 13.2 Å². The fourth-order valence-electron chi connectivity index (χ4n) is 1.24. The van der Waals surface area contributed by atoms with E-state index in [1.165, 1.54) is 0 Å². The summed E-state index contributed by atoms with van der Waals surface area (Å²) in [7, 11) is -10.3. The van der Waals surface area contributed by atoms with Gasteiger partial charge in [0.25, 0.3) is 0 Å². The zero-order chi connectivity index (χ0) is 15.6. The van der Waals surface area contributed by atoms with E-state index in [-0.39, 0.29) is 25.3 Å². The molecule has 6 N–H and O–H groups in total. The zero-order valence-electron chi connectivity index (χ0n) is 11.0. The molecule has 0 fully saturated rings. The summed E-state index contributed by atoms with van der Waals surface area (Å²) < 4.78 is 20.8. The number of hydrogen-bond donors (Lipinski definition) is 6. The molecule has 0 spiro atoms. The van der Waals surface area contributed by atoms with Crippen LogP contribution in [0.5, 0.6) is 0 Å². The SMILES string of the molecule is O=[P+](OCCCC[Si](O)(O)O)OCCCC[Si](O)(O)O. The molecule has 120 valence electrons. The lowest BCUT2D eigenvalue weighted by Gasteiger charge is -2.07. The van der Waals surface area contributed by atoms with E-state index < -0.39 is 25.9 Å². The minimum absolute atomic E-state index is 0.0941. The maximum absolute atomic E-state index is 11.2. The van der Waals surface area contributed by atoms with Crippen molar-refractivity contribution < 1.29 is 42.4 Å². The fourth-order valence-corrected chi connectivity index (χ4v) is 3.32. The Bertz CT molecular complexity index is 252. The molecule has 0 aromatic heterocycles. The molecule has 0 saturated heterocycles. The maximum Gasteiger partial charge on any atom is 0.697 e. The lowest BCUT2D eigenvalue weighted by Crippen LogP contribution is -2.34. The molecule has 0 aromatic rings. The van der Waals surface area contributed by atoms with Gasteiger partial charge in [-0.15, -0.1) is 9.05 Å². The third-order valence-electron chi connectivity index (χ3n) is 2.21. The van der Waals surface area contributed by atoms with Crippen LogP contribution in [0.3, 0.4) is 0 Å². The highest BCUT2D eigenvalue weighted by atomic mass is 31.1. The van der Waals surface area contributed by atoms with Gasteiger partial charge in [-0.25, -0.2) is 0 Å². The van der Waals surface area contributed by atoms with Crippen LogP contribution in [0.2, 0.25) is 12.1 Å². The van der Waals surface area contributed by atoms with E-state index in [2.05, 4.69) is 0 Å². The number of hydrogen-bond acceptors (Lipinski definition) is 9. The molecular weight excluding hydrogens is 327 g/mol. The Balaban J connectivity index is 3.38. The number of unbranched alkanes of at least 4 members (excludes halogenated alkanes) is 2. The molecule has 0 amide bonds. The topological polar surface area (TPSA) is 157 Å². The lowest BCUT2D eigenvalue weighted by molar-refractivity contribution is 0.210. The first-order valence-electron chi connectivity index (χ1n) is 6.17. The molecule has 0 rings (SSSR count). The largest absolute Gasteiger partial charge is 0.697 e.